The van der Waals surface area contributed by atoms with Crippen LogP contribution in [0.25, 0.3) is 21.8 Å². The first-order chi connectivity index (χ1) is 18.1. The highest BCUT2D eigenvalue weighted by atomic mass is 16.2. The number of carbonyl (C=O) groups excluding carboxylic acids is 3. The molecule has 4 aromatic rings. The molecule has 5 rings (SSSR count). The summed E-state index contributed by atoms with van der Waals surface area (Å²) in [5.74, 6) is -0.608. The molecule has 0 bridgehead atoms. The fourth-order valence-corrected chi connectivity index (χ4v) is 5.49. The maximum absolute atomic E-state index is 13.8. The number of nitrogens with one attached hydrogen (secondary N) is 3. The van der Waals surface area contributed by atoms with Gasteiger partial charge in [-0.3, -0.25) is 14.4 Å². The van der Waals surface area contributed by atoms with Crippen molar-refractivity contribution >= 4 is 39.5 Å². The molecule has 1 atom stereocenters. The van der Waals surface area contributed by atoms with Crippen molar-refractivity contribution in [2.45, 2.75) is 52.0 Å². The van der Waals surface area contributed by atoms with Crippen LogP contribution >= 0.6 is 0 Å². The maximum Gasteiger partial charge on any atom is 0.265 e. The van der Waals surface area contributed by atoms with E-state index in [1.165, 1.54) is 0 Å². The van der Waals surface area contributed by atoms with E-state index in [0.717, 1.165) is 32.9 Å². The Morgan fingerprint density at radius 1 is 1.00 bits per heavy atom. The Hall–Kier alpha value is -4.07. The lowest BCUT2D eigenvalue weighted by atomic mass is 9.86. The monoisotopic (exact) mass is 513 g/mol. The van der Waals surface area contributed by atoms with Crippen LogP contribution < -0.4 is 11.1 Å². The van der Waals surface area contributed by atoms with Crippen molar-refractivity contribution in [3.63, 3.8) is 0 Å². The molecule has 1 fully saturated rings. The second kappa shape index (κ2) is 10.0. The van der Waals surface area contributed by atoms with Gasteiger partial charge in [0.05, 0.1) is 0 Å². The molecule has 8 nitrogen and oxygen atoms in total. The second-order valence-corrected chi connectivity index (χ2v) is 11.3. The zero-order chi connectivity index (χ0) is 27.0. The van der Waals surface area contributed by atoms with Gasteiger partial charge in [0.1, 0.15) is 11.7 Å². The predicted octanol–water partition coefficient (Wildman–Crippen LogP) is 4.23. The van der Waals surface area contributed by atoms with Crippen molar-refractivity contribution in [2.75, 3.05) is 13.1 Å². The number of hydrogen-bond acceptors (Lipinski definition) is 3. The summed E-state index contributed by atoms with van der Waals surface area (Å²) >= 11 is 0. The van der Waals surface area contributed by atoms with Crippen molar-refractivity contribution < 1.29 is 14.4 Å². The largest absolute Gasteiger partial charge is 0.364 e. The van der Waals surface area contributed by atoms with E-state index in [0.29, 0.717) is 38.0 Å². The van der Waals surface area contributed by atoms with E-state index < -0.39 is 17.4 Å². The van der Waals surface area contributed by atoms with Crippen molar-refractivity contribution in [1.29, 1.82) is 0 Å². The molecule has 0 aliphatic carbocycles. The van der Waals surface area contributed by atoms with Crippen LogP contribution in [0.4, 0.5) is 0 Å². The second-order valence-electron chi connectivity index (χ2n) is 11.3. The Morgan fingerprint density at radius 3 is 2.29 bits per heavy atom. The zero-order valence-corrected chi connectivity index (χ0v) is 22.1. The van der Waals surface area contributed by atoms with E-state index in [1.54, 1.807) is 0 Å². The Morgan fingerprint density at radius 2 is 1.63 bits per heavy atom. The van der Waals surface area contributed by atoms with Crippen LogP contribution in [-0.4, -0.2) is 51.7 Å². The lowest BCUT2D eigenvalue weighted by Gasteiger charge is -2.35. The fourth-order valence-electron chi connectivity index (χ4n) is 5.49. The lowest BCUT2D eigenvalue weighted by molar-refractivity contribution is -0.139. The van der Waals surface area contributed by atoms with Crippen LogP contribution in [0.5, 0.6) is 0 Å². The van der Waals surface area contributed by atoms with Crippen LogP contribution in [0.3, 0.4) is 0 Å². The number of H-pyrrole nitrogens is 2. The summed E-state index contributed by atoms with van der Waals surface area (Å²) in [6.45, 7) is 6.61. The fraction of sp³-hybridized carbons (Fsp3) is 0.367. The topological polar surface area (TPSA) is 124 Å². The molecule has 0 radical (unpaired) electrons. The molecule has 0 unspecified atom stereocenters. The third kappa shape index (κ3) is 4.90. The molecule has 0 saturated carbocycles. The van der Waals surface area contributed by atoms with Gasteiger partial charge in [-0.05, 0) is 42.0 Å². The van der Waals surface area contributed by atoms with Gasteiger partial charge in [-0.1, -0.05) is 57.2 Å². The molecular weight excluding hydrogens is 478 g/mol. The van der Waals surface area contributed by atoms with E-state index in [1.807, 2.05) is 80.4 Å². The number of carbonyl (C=O) groups is 3. The van der Waals surface area contributed by atoms with Crippen LogP contribution in [0.1, 0.15) is 61.1 Å². The van der Waals surface area contributed by atoms with E-state index in [9.17, 15) is 14.4 Å². The Balaban J connectivity index is 1.36. The average molecular weight is 514 g/mol. The standard InChI is InChI=1S/C30H35N5O3/c1-30(2,3)29(38)34-24(16-19-17-32-22-10-6-4-8-20(19)22)28(37)35-14-12-18(13-15-35)25-21-9-5-7-11-23(21)33-26(25)27(31)36/h4-11,17-18,24,32-33H,12-16H2,1-3H3,(H2,31,36)(H,34,38)/t24-/m1/s1. The summed E-state index contributed by atoms with van der Waals surface area (Å²) < 4.78 is 0. The third-order valence-corrected chi connectivity index (χ3v) is 7.59. The van der Waals surface area contributed by atoms with Crippen LogP contribution in [-0.2, 0) is 16.0 Å². The number of nitrogens with zero attached hydrogens (tertiary/aromatic N) is 1. The van der Waals surface area contributed by atoms with Gasteiger partial charge >= 0.3 is 0 Å². The van der Waals surface area contributed by atoms with E-state index >= 15 is 0 Å². The number of fused-ring (bicyclic) bond motifs is 2. The first kappa shape index (κ1) is 25.6. The van der Waals surface area contributed by atoms with Crippen molar-refractivity contribution in [2.24, 2.45) is 11.1 Å². The summed E-state index contributed by atoms with van der Waals surface area (Å²) in [7, 11) is 0. The number of rotatable bonds is 6. The minimum Gasteiger partial charge on any atom is -0.364 e. The lowest BCUT2D eigenvalue weighted by Crippen LogP contribution is -2.53. The van der Waals surface area contributed by atoms with Crippen molar-refractivity contribution in [1.82, 2.24) is 20.2 Å². The van der Waals surface area contributed by atoms with Crippen LogP contribution in [0, 0.1) is 5.41 Å². The van der Waals surface area contributed by atoms with Gasteiger partial charge < -0.3 is 25.9 Å². The summed E-state index contributed by atoms with van der Waals surface area (Å²) in [6.07, 6.45) is 3.74. The van der Waals surface area contributed by atoms with Crippen molar-refractivity contribution in [3.8, 4) is 0 Å². The summed E-state index contributed by atoms with van der Waals surface area (Å²) in [5.41, 5.74) is 9.36. The minimum absolute atomic E-state index is 0.0830. The van der Waals surface area contributed by atoms with Gasteiger partial charge in [0.2, 0.25) is 11.8 Å². The quantitative estimate of drug-likeness (QED) is 0.308. The Labute approximate surface area is 222 Å². The molecule has 0 spiro atoms. The molecule has 38 heavy (non-hydrogen) atoms. The normalized spacial score (nSPS) is 15.6. The number of piperidine rings is 1. The molecule has 8 heteroatoms. The number of aromatic amines is 2. The number of para-hydroxylation sites is 2. The molecule has 2 aromatic heterocycles. The molecule has 3 amide bonds. The summed E-state index contributed by atoms with van der Waals surface area (Å²) in [6, 6.07) is 15.1. The number of amides is 3. The number of hydrogen-bond donors (Lipinski definition) is 4. The first-order valence-corrected chi connectivity index (χ1v) is 13.2. The zero-order valence-electron chi connectivity index (χ0n) is 22.1. The highest BCUT2D eigenvalue weighted by molar-refractivity contribution is 6.00. The highest BCUT2D eigenvalue weighted by Crippen LogP contribution is 2.36. The average Bonchev–Trinajstić information content (AvgIpc) is 3.49. The highest BCUT2D eigenvalue weighted by Gasteiger charge is 2.34. The molecular formula is C30H35N5O3. The van der Waals surface area contributed by atoms with Gasteiger partial charge in [-0.2, -0.15) is 0 Å². The van der Waals surface area contributed by atoms with Gasteiger partial charge in [-0.25, -0.2) is 0 Å². The third-order valence-electron chi connectivity index (χ3n) is 7.59. The summed E-state index contributed by atoms with van der Waals surface area (Å²) in [5, 5.41) is 5.08. The van der Waals surface area contributed by atoms with Crippen molar-refractivity contribution in [3.05, 3.63) is 71.5 Å². The smallest absolute Gasteiger partial charge is 0.265 e. The number of primary amides is 1. The van der Waals surface area contributed by atoms with Gasteiger partial charge in [0.25, 0.3) is 5.91 Å². The van der Waals surface area contributed by atoms with Gasteiger partial charge in [-0.15, -0.1) is 0 Å². The van der Waals surface area contributed by atoms with Crippen LogP contribution in [0.2, 0.25) is 0 Å². The molecule has 2 aromatic carbocycles. The number of aromatic nitrogens is 2. The Bertz CT molecular complexity index is 1500. The van der Waals surface area contributed by atoms with E-state index in [4.69, 9.17) is 5.73 Å². The number of likely N-dealkylation sites (tertiary alicyclic amines) is 1. The van der Waals surface area contributed by atoms with E-state index in [-0.39, 0.29) is 17.7 Å². The minimum atomic E-state index is -0.674. The molecule has 1 aliphatic heterocycles. The summed E-state index contributed by atoms with van der Waals surface area (Å²) in [4.78, 5) is 47.3. The first-order valence-electron chi connectivity index (χ1n) is 13.2. The SMILES string of the molecule is CC(C)(C)C(=O)N[C@H](Cc1c[nH]c2ccccc12)C(=O)N1CCC(c2c(C(N)=O)[nH]c3ccccc23)CC1. The molecule has 198 valence electrons. The molecule has 3 heterocycles. The molecule has 5 N–H and O–H groups in total. The van der Waals surface area contributed by atoms with Gasteiger partial charge in [0.15, 0.2) is 0 Å². The van der Waals surface area contributed by atoms with Crippen LogP contribution in [0.15, 0.2) is 54.7 Å². The van der Waals surface area contributed by atoms with E-state index in [2.05, 4.69) is 15.3 Å². The predicted molar refractivity (Wildman–Crippen MR) is 149 cm³/mol. The molecule has 1 aliphatic rings. The molecule has 1 saturated heterocycles. The number of nitrogens with two attached hydrogens (primary N) is 1. The van der Waals surface area contributed by atoms with Gasteiger partial charge in [0, 0.05) is 52.9 Å². The Kier molecular flexibility index (Phi) is 6.73. The number of benzene rings is 2. The maximum atomic E-state index is 13.8.